The predicted molar refractivity (Wildman–Crippen MR) is 88.0 cm³/mol. The minimum Gasteiger partial charge on any atom is -0.352 e. The van der Waals surface area contributed by atoms with E-state index in [9.17, 15) is 14.9 Å². The van der Waals surface area contributed by atoms with E-state index in [0.29, 0.717) is 31.7 Å². The molecule has 0 saturated carbocycles. The van der Waals surface area contributed by atoms with E-state index < -0.39 is 4.92 Å². The Morgan fingerprint density at radius 2 is 1.71 bits per heavy atom. The van der Waals surface area contributed by atoms with Gasteiger partial charge in [-0.1, -0.05) is 0 Å². The molecule has 1 fully saturated rings. The first kappa shape index (κ1) is 15.9. The average Bonchev–Trinajstić information content (AvgIpc) is 2.62. The third kappa shape index (κ3) is 3.32. The highest BCUT2D eigenvalue weighted by Crippen LogP contribution is 2.16. The highest BCUT2D eigenvalue weighted by atomic mass is 16.6. The molecule has 2 aromatic rings. The van der Waals surface area contributed by atoms with Crippen molar-refractivity contribution in [3.8, 4) is 0 Å². The van der Waals surface area contributed by atoms with E-state index in [1.54, 1.807) is 4.90 Å². The van der Waals surface area contributed by atoms with Crippen LogP contribution in [0.4, 0.5) is 11.5 Å². The molecule has 0 bridgehead atoms. The Bertz CT molecular complexity index is 737. The van der Waals surface area contributed by atoms with Crippen molar-refractivity contribution < 1.29 is 9.72 Å². The van der Waals surface area contributed by atoms with Crippen LogP contribution in [0.3, 0.4) is 0 Å². The highest BCUT2D eigenvalue weighted by Gasteiger charge is 2.23. The van der Waals surface area contributed by atoms with Crippen molar-refractivity contribution in [3.05, 3.63) is 57.8 Å². The lowest BCUT2D eigenvalue weighted by molar-refractivity contribution is -0.384. The molecule has 0 unspecified atom stereocenters. The molecule has 2 heterocycles. The molecule has 1 amide bonds. The van der Waals surface area contributed by atoms with Crippen LogP contribution in [-0.4, -0.2) is 52.1 Å². The second-order valence-corrected chi connectivity index (χ2v) is 5.62. The van der Waals surface area contributed by atoms with Crippen molar-refractivity contribution in [3.63, 3.8) is 0 Å². The van der Waals surface area contributed by atoms with E-state index in [1.807, 2.05) is 19.1 Å². The molecule has 0 spiro atoms. The van der Waals surface area contributed by atoms with Gasteiger partial charge in [0.15, 0.2) is 5.82 Å². The van der Waals surface area contributed by atoms with Gasteiger partial charge in [0.2, 0.25) is 0 Å². The summed E-state index contributed by atoms with van der Waals surface area (Å²) in [5, 5.41) is 18.9. The summed E-state index contributed by atoms with van der Waals surface area (Å²) in [6.07, 6.45) is 0. The predicted octanol–water partition coefficient (Wildman–Crippen LogP) is 1.66. The molecule has 1 aromatic heterocycles. The van der Waals surface area contributed by atoms with Crippen molar-refractivity contribution in [1.82, 2.24) is 15.1 Å². The van der Waals surface area contributed by atoms with Gasteiger partial charge in [-0.25, -0.2) is 0 Å². The molecule has 1 aromatic carbocycles. The Morgan fingerprint density at radius 3 is 2.25 bits per heavy atom. The second-order valence-electron chi connectivity index (χ2n) is 5.62. The van der Waals surface area contributed by atoms with Crippen LogP contribution in [0.2, 0.25) is 0 Å². The van der Waals surface area contributed by atoms with Crippen LogP contribution in [0.1, 0.15) is 16.1 Å². The number of aromatic nitrogens is 2. The maximum absolute atomic E-state index is 12.5. The second kappa shape index (κ2) is 6.61. The number of carbonyl (C=O) groups is 1. The molecule has 1 saturated heterocycles. The maximum Gasteiger partial charge on any atom is 0.269 e. The summed E-state index contributed by atoms with van der Waals surface area (Å²) in [5.41, 5.74) is 1.31. The number of hydrogen-bond acceptors (Lipinski definition) is 6. The number of nitrogens with zero attached hydrogens (tertiary/aromatic N) is 5. The van der Waals surface area contributed by atoms with Gasteiger partial charge >= 0.3 is 0 Å². The van der Waals surface area contributed by atoms with Crippen LogP contribution in [0, 0.1) is 17.0 Å². The molecule has 3 rings (SSSR count). The fourth-order valence-electron chi connectivity index (χ4n) is 2.61. The third-order valence-corrected chi connectivity index (χ3v) is 4.00. The Kier molecular flexibility index (Phi) is 4.37. The lowest BCUT2D eigenvalue weighted by Gasteiger charge is -2.35. The Morgan fingerprint density at radius 1 is 1.04 bits per heavy atom. The van der Waals surface area contributed by atoms with Gasteiger partial charge in [0.25, 0.3) is 11.6 Å². The van der Waals surface area contributed by atoms with E-state index in [2.05, 4.69) is 15.1 Å². The van der Waals surface area contributed by atoms with Gasteiger partial charge in [0.1, 0.15) is 0 Å². The molecule has 8 heteroatoms. The molecule has 1 aliphatic heterocycles. The SMILES string of the molecule is Cc1ccc(N2CCN(C(=O)c3ccc([N+](=O)[O-])cc3)CC2)nn1. The van der Waals surface area contributed by atoms with Gasteiger partial charge in [0, 0.05) is 43.9 Å². The number of amides is 1. The van der Waals surface area contributed by atoms with Gasteiger partial charge in [-0.2, -0.15) is 5.10 Å². The first-order valence-electron chi connectivity index (χ1n) is 7.63. The number of rotatable bonds is 3. The fraction of sp³-hybridized carbons (Fsp3) is 0.312. The van der Waals surface area contributed by atoms with E-state index in [-0.39, 0.29) is 11.6 Å². The Balaban J connectivity index is 1.62. The molecule has 0 radical (unpaired) electrons. The molecule has 0 aliphatic carbocycles. The standard InChI is InChI=1S/C16H17N5O3/c1-12-2-7-15(18-17-12)19-8-10-20(11-9-19)16(22)13-3-5-14(6-4-13)21(23)24/h2-7H,8-11H2,1H3. The smallest absolute Gasteiger partial charge is 0.269 e. The summed E-state index contributed by atoms with van der Waals surface area (Å²) in [6, 6.07) is 9.54. The average molecular weight is 327 g/mol. The van der Waals surface area contributed by atoms with Gasteiger partial charge in [0.05, 0.1) is 10.6 Å². The number of benzene rings is 1. The van der Waals surface area contributed by atoms with Crippen molar-refractivity contribution in [1.29, 1.82) is 0 Å². The molecule has 0 atom stereocenters. The van der Waals surface area contributed by atoms with Crippen LogP contribution in [0.25, 0.3) is 0 Å². The van der Waals surface area contributed by atoms with Crippen LogP contribution in [0.15, 0.2) is 36.4 Å². The maximum atomic E-state index is 12.5. The minimum atomic E-state index is -0.477. The largest absolute Gasteiger partial charge is 0.352 e. The zero-order valence-electron chi connectivity index (χ0n) is 13.3. The van der Waals surface area contributed by atoms with Gasteiger partial charge in [-0.05, 0) is 31.2 Å². The highest BCUT2D eigenvalue weighted by molar-refractivity contribution is 5.94. The normalized spacial score (nSPS) is 14.5. The Hall–Kier alpha value is -3.03. The number of piperazine rings is 1. The number of aryl methyl sites for hydroxylation is 1. The zero-order chi connectivity index (χ0) is 17.1. The number of nitro benzene ring substituents is 1. The molecule has 1 aliphatic rings. The summed E-state index contributed by atoms with van der Waals surface area (Å²) in [6.45, 7) is 4.39. The van der Waals surface area contributed by atoms with E-state index in [1.165, 1.54) is 24.3 Å². The van der Waals surface area contributed by atoms with Crippen molar-refractivity contribution in [2.45, 2.75) is 6.92 Å². The number of carbonyl (C=O) groups excluding carboxylic acids is 1. The molecule has 0 N–H and O–H groups in total. The third-order valence-electron chi connectivity index (χ3n) is 4.00. The van der Waals surface area contributed by atoms with Crippen molar-refractivity contribution in [2.75, 3.05) is 31.1 Å². The van der Waals surface area contributed by atoms with E-state index >= 15 is 0 Å². The number of anilines is 1. The van der Waals surface area contributed by atoms with Crippen molar-refractivity contribution in [2.24, 2.45) is 0 Å². The quantitative estimate of drug-likeness (QED) is 0.629. The topological polar surface area (TPSA) is 92.5 Å². The number of non-ortho nitro benzene ring substituents is 1. The molecule has 24 heavy (non-hydrogen) atoms. The molecule has 8 nitrogen and oxygen atoms in total. The van der Waals surface area contributed by atoms with Crippen LogP contribution in [-0.2, 0) is 0 Å². The van der Waals surface area contributed by atoms with Crippen LogP contribution >= 0.6 is 0 Å². The van der Waals surface area contributed by atoms with Crippen LogP contribution < -0.4 is 4.90 Å². The first-order valence-corrected chi connectivity index (χ1v) is 7.63. The lowest BCUT2D eigenvalue weighted by Crippen LogP contribution is -2.49. The first-order chi connectivity index (χ1) is 11.5. The van der Waals surface area contributed by atoms with Gasteiger partial charge in [-0.15, -0.1) is 5.10 Å². The summed E-state index contributed by atoms with van der Waals surface area (Å²) in [7, 11) is 0. The van der Waals surface area contributed by atoms with Gasteiger partial charge in [-0.3, -0.25) is 14.9 Å². The monoisotopic (exact) mass is 327 g/mol. The van der Waals surface area contributed by atoms with Gasteiger partial charge < -0.3 is 9.80 Å². The van der Waals surface area contributed by atoms with Crippen LogP contribution in [0.5, 0.6) is 0 Å². The van der Waals surface area contributed by atoms with E-state index in [0.717, 1.165) is 11.5 Å². The summed E-state index contributed by atoms with van der Waals surface area (Å²) in [5.74, 6) is 0.697. The lowest BCUT2D eigenvalue weighted by atomic mass is 10.1. The Labute approximate surface area is 138 Å². The number of hydrogen-bond donors (Lipinski definition) is 0. The summed E-state index contributed by atoms with van der Waals surface area (Å²) < 4.78 is 0. The van der Waals surface area contributed by atoms with Crippen molar-refractivity contribution >= 4 is 17.4 Å². The molecular weight excluding hydrogens is 310 g/mol. The molecular formula is C16H17N5O3. The van der Waals surface area contributed by atoms with E-state index in [4.69, 9.17) is 0 Å². The fourth-order valence-corrected chi connectivity index (χ4v) is 2.61. The zero-order valence-corrected chi connectivity index (χ0v) is 13.3. The summed E-state index contributed by atoms with van der Waals surface area (Å²) >= 11 is 0. The minimum absolute atomic E-state index is 0.0192. The number of nitro groups is 1. The molecule has 124 valence electrons. The summed E-state index contributed by atoms with van der Waals surface area (Å²) in [4.78, 5) is 26.5.